The van der Waals surface area contributed by atoms with Gasteiger partial charge in [-0.2, -0.15) is 0 Å². The van der Waals surface area contributed by atoms with E-state index in [0.29, 0.717) is 12.3 Å². The van der Waals surface area contributed by atoms with Gasteiger partial charge in [0.25, 0.3) is 0 Å². The number of hydrogen-bond acceptors (Lipinski definition) is 3. The molecule has 0 radical (unpaired) electrons. The van der Waals surface area contributed by atoms with Crippen molar-refractivity contribution in [1.82, 2.24) is 5.32 Å². The number of rotatable bonds is 5. The molecule has 1 aliphatic rings. The summed E-state index contributed by atoms with van der Waals surface area (Å²) in [6.45, 7) is 1.62. The summed E-state index contributed by atoms with van der Waals surface area (Å²) in [6.07, 6.45) is 5.25. The number of carbonyl (C=O) groups is 1. The lowest BCUT2D eigenvalue weighted by atomic mass is 9.85. The zero-order chi connectivity index (χ0) is 10.7. The number of carboxylic acid groups (broad SMARTS) is 1. The zero-order valence-corrected chi connectivity index (χ0v) is 8.53. The van der Waals surface area contributed by atoms with Crippen molar-refractivity contribution in [3.63, 3.8) is 0 Å². The van der Waals surface area contributed by atoms with Crippen LogP contribution in [0.15, 0.2) is 16.7 Å². The highest BCUT2D eigenvalue weighted by molar-refractivity contribution is 5.87. The highest BCUT2D eigenvalue weighted by Gasteiger charge is 2.16. The molecule has 15 heavy (non-hydrogen) atoms. The van der Waals surface area contributed by atoms with Gasteiger partial charge < -0.3 is 14.8 Å². The van der Waals surface area contributed by atoms with Crippen LogP contribution in [0.25, 0.3) is 0 Å². The predicted octanol–water partition coefficient (Wildman–Crippen LogP) is 1.87. The fourth-order valence-corrected chi connectivity index (χ4v) is 1.68. The first-order chi connectivity index (χ1) is 7.25. The van der Waals surface area contributed by atoms with Crippen molar-refractivity contribution < 1.29 is 14.3 Å². The molecule has 1 aromatic heterocycles. The van der Waals surface area contributed by atoms with Crippen LogP contribution in [-0.2, 0) is 6.54 Å². The van der Waals surface area contributed by atoms with Crippen molar-refractivity contribution in [2.24, 2.45) is 5.92 Å². The molecule has 0 aliphatic heterocycles. The molecule has 1 heterocycles. The first-order valence-corrected chi connectivity index (χ1v) is 5.27. The van der Waals surface area contributed by atoms with Crippen LogP contribution in [0, 0.1) is 5.92 Å². The van der Waals surface area contributed by atoms with Crippen molar-refractivity contribution in [1.29, 1.82) is 0 Å². The molecule has 2 N–H and O–H groups in total. The van der Waals surface area contributed by atoms with E-state index in [1.165, 1.54) is 25.5 Å². The molecule has 1 aromatic rings. The van der Waals surface area contributed by atoms with Gasteiger partial charge in [0.1, 0.15) is 12.0 Å². The Bertz CT molecular complexity index is 341. The first-order valence-electron chi connectivity index (χ1n) is 5.27. The lowest BCUT2D eigenvalue weighted by molar-refractivity contribution is 0.0696. The summed E-state index contributed by atoms with van der Waals surface area (Å²) < 4.78 is 5.12. The van der Waals surface area contributed by atoms with Crippen molar-refractivity contribution >= 4 is 5.97 Å². The van der Waals surface area contributed by atoms with E-state index >= 15 is 0 Å². The van der Waals surface area contributed by atoms with E-state index in [-0.39, 0.29) is 5.56 Å². The Labute approximate surface area is 88.3 Å². The zero-order valence-electron chi connectivity index (χ0n) is 8.53. The van der Waals surface area contributed by atoms with E-state index in [0.717, 1.165) is 12.5 Å². The molecule has 0 bridgehead atoms. The molecule has 4 nitrogen and oxygen atoms in total. The lowest BCUT2D eigenvalue weighted by Crippen LogP contribution is -2.26. The molecule has 0 saturated heterocycles. The van der Waals surface area contributed by atoms with Gasteiger partial charge in [0.05, 0.1) is 12.1 Å². The van der Waals surface area contributed by atoms with Gasteiger partial charge in [-0.25, -0.2) is 4.79 Å². The van der Waals surface area contributed by atoms with E-state index in [9.17, 15) is 4.79 Å². The Hall–Kier alpha value is -1.29. The van der Waals surface area contributed by atoms with Crippen LogP contribution in [0.3, 0.4) is 0 Å². The number of nitrogens with one attached hydrogen (secondary N) is 1. The second-order valence-corrected chi connectivity index (χ2v) is 4.03. The molecular formula is C11H15NO3. The minimum absolute atomic E-state index is 0.218. The van der Waals surface area contributed by atoms with Crippen LogP contribution in [-0.4, -0.2) is 17.6 Å². The predicted molar refractivity (Wildman–Crippen MR) is 54.7 cm³/mol. The topological polar surface area (TPSA) is 62.5 Å². The third-order valence-electron chi connectivity index (χ3n) is 2.86. The highest BCUT2D eigenvalue weighted by atomic mass is 16.4. The molecule has 0 atom stereocenters. The van der Waals surface area contributed by atoms with E-state index in [1.54, 1.807) is 6.07 Å². The van der Waals surface area contributed by atoms with E-state index < -0.39 is 5.97 Å². The number of carboxylic acids is 1. The van der Waals surface area contributed by atoms with Gasteiger partial charge in [-0.05, 0) is 31.4 Å². The largest absolute Gasteiger partial charge is 0.478 e. The number of furan rings is 1. The maximum absolute atomic E-state index is 10.6. The third kappa shape index (κ3) is 2.59. The smallest absolute Gasteiger partial charge is 0.338 e. The van der Waals surface area contributed by atoms with Gasteiger partial charge in [0.2, 0.25) is 0 Å². The second kappa shape index (κ2) is 4.49. The van der Waals surface area contributed by atoms with Gasteiger partial charge in [-0.1, -0.05) is 6.42 Å². The van der Waals surface area contributed by atoms with Crippen molar-refractivity contribution in [3.8, 4) is 0 Å². The standard InChI is InChI=1S/C11H15NO3/c13-11(14)9-4-10(15-7-9)6-12-5-8-2-1-3-8/h4,7-8,12H,1-3,5-6H2,(H,13,14). The summed E-state index contributed by atoms with van der Waals surface area (Å²) in [5, 5.41) is 11.9. The van der Waals surface area contributed by atoms with E-state index in [1.807, 2.05) is 0 Å². The summed E-state index contributed by atoms with van der Waals surface area (Å²) in [7, 11) is 0. The SMILES string of the molecule is O=C(O)c1coc(CNCC2CCC2)c1. The molecular weight excluding hydrogens is 194 g/mol. The Kier molecular flexibility index (Phi) is 3.06. The normalized spacial score (nSPS) is 16.3. The molecule has 0 spiro atoms. The maximum atomic E-state index is 10.6. The molecule has 1 fully saturated rings. The van der Waals surface area contributed by atoms with Crippen molar-refractivity contribution in [2.75, 3.05) is 6.54 Å². The Morgan fingerprint density at radius 3 is 2.93 bits per heavy atom. The molecule has 1 saturated carbocycles. The fraction of sp³-hybridized carbons (Fsp3) is 0.545. The van der Waals surface area contributed by atoms with Gasteiger partial charge in [0.15, 0.2) is 0 Å². The van der Waals surface area contributed by atoms with Crippen molar-refractivity contribution in [3.05, 3.63) is 23.7 Å². The molecule has 0 aromatic carbocycles. The monoisotopic (exact) mass is 209 g/mol. The second-order valence-electron chi connectivity index (χ2n) is 4.03. The third-order valence-corrected chi connectivity index (χ3v) is 2.86. The van der Waals surface area contributed by atoms with Crippen LogP contribution in [0.1, 0.15) is 35.4 Å². The molecule has 1 aliphatic carbocycles. The molecule has 0 unspecified atom stereocenters. The minimum atomic E-state index is -0.941. The Morgan fingerprint density at radius 1 is 1.60 bits per heavy atom. The Morgan fingerprint density at radius 2 is 2.40 bits per heavy atom. The summed E-state index contributed by atoms with van der Waals surface area (Å²) in [5.41, 5.74) is 0.218. The summed E-state index contributed by atoms with van der Waals surface area (Å²) >= 11 is 0. The number of hydrogen-bond donors (Lipinski definition) is 2. The van der Waals surface area contributed by atoms with Crippen LogP contribution >= 0.6 is 0 Å². The minimum Gasteiger partial charge on any atom is -0.478 e. The quantitative estimate of drug-likeness (QED) is 0.777. The van der Waals surface area contributed by atoms with Gasteiger partial charge >= 0.3 is 5.97 Å². The molecule has 4 heteroatoms. The average molecular weight is 209 g/mol. The van der Waals surface area contributed by atoms with E-state index in [2.05, 4.69) is 5.32 Å². The van der Waals surface area contributed by atoms with Gasteiger partial charge in [0, 0.05) is 0 Å². The van der Waals surface area contributed by atoms with Crippen LogP contribution in [0.2, 0.25) is 0 Å². The Balaban J connectivity index is 1.75. The van der Waals surface area contributed by atoms with Gasteiger partial charge in [-0.3, -0.25) is 0 Å². The van der Waals surface area contributed by atoms with Crippen LogP contribution in [0.4, 0.5) is 0 Å². The van der Waals surface area contributed by atoms with E-state index in [4.69, 9.17) is 9.52 Å². The van der Waals surface area contributed by atoms with Crippen LogP contribution < -0.4 is 5.32 Å². The molecule has 2 rings (SSSR count). The summed E-state index contributed by atoms with van der Waals surface area (Å²) in [6, 6.07) is 1.57. The maximum Gasteiger partial charge on any atom is 0.338 e. The summed E-state index contributed by atoms with van der Waals surface area (Å²) in [5.74, 6) is 0.551. The summed E-state index contributed by atoms with van der Waals surface area (Å²) in [4.78, 5) is 10.6. The molecule has 82 valence electrons. The number of aromatic carboxylic acids is 1. The first kappa shape index (κ1) is 10.2. The fourth-order valence-electron chi connectivity index (χ4n) is 1.68. The highest BCUT2D eigenvalue weighted by Crippen LogP contribution is 2.25. The van der Waals surface area contributed by atoms with Gasteiger partial charge in [-0.15, -0.1) is 0 Å². The van der Waals surface area contributed by atoms with Crippen molar-refractivity contribution in [2.45, 2.75) is 25.8 Å². The van der Waals surface area contributed by atoms with Crippen LogP contribution in [0.5, 0.6) is 0 Å². The molecule has 0 amide bonds. The lowest BCUT2D eigenvalue weighted by Gasteiger charge is -2.25. The average Bonchev–Trinajstić information content (AvgIpc) is 2.57.